The van der Waals surface area contributed by atoms with Crippen LogP contribution in [0.3, 0.4) is 0 Å². The fourth-order valence-electron chi connectivity index (χ4n) is 1.78. The molecule has 1 heterocycles. The molecule has 0 aromatic carbocycles. The van der Waals surface area contributed by atoms with Gasteiger partial charge in [0.05, 0.1) is 25.9 Å². The molecule has 15 heavy (non-hydrogen) atoms. The van der Waals surface area contributed by atoms with Gasteiger partial charge in [0.1, 0.15) is 5.54 Å². The zero-order valence-corrected chi connectivity index (χ0v) is 8.59. The molecule has 0 spiro atoms. The third-order valence-electron chi connectivity index (χ3n) is 2.94. The first kappa shape index (κ1) is 12.4. The maximum atomic E-state index is 11.7. The molecular weight excluding hydrogens is 200 g/mol. The first-order valence-electron chi connectivity index (χ1n) is 5.01. The molecule has 0 saturated carbocycles. The number of nitrogens with two attached hydrogens (primary N) is 1. The number of amides is 1. The van der Waals surface area contributed by atoms with Gasteiger partial charge in [0.2, 0.25) is 5.91 Å². The van der Waals surface area contributed by atoms with Crippen molar-refractivity contribution in [2.75, 3.05) is 26.4 Å². The number of hydrogen-bond acceptors (Lipinski definition) is 5. The van der Waals surface area contributed by atoms with E-state index < -0.39 is 31.4 Å². The Labute approximate surface area is 88.3 Å². The van der Waals surface area contributed by atoms with Crippen LogP contribution in [0.15, 0.2) is 0 Å². The summed E-state index contributed by atoms with van der Waals surface area (Å²) in [5.74, 6) is -0.321. The average Bonchev–Trinajstić information content (AvgIpc) is 2.27. The standard InChI is InChI=1S/C9H18N2O4/c10-7-2-1-3-11(8(7)15)9(4-12,5-13)6-14/h7,12-14H,1-6,10H2. The Morgan fingerprint density at radius 2 is 1.87 bits per heavy atom. The van der Waals surface area contributed by atoms with Crippen molar-refractivity contribution in [3.63, 3.8) is 0 Å². The van der Waals surface area contributed by atoms with Gasteiger partial charge < -0.3 is 26.0 Å². The van der Waals surface area contributed by atoms with Crippen LogP contribution in [0.5, 0.6) is 0 Å². The summed E-state index contributed by atoms with van der Waals surface area (Å²) in [6.07, 6.45) is 1.32. The molecule has 1 rings (SSSR count). The molecule has 1 saturated heterocycles. The van der Waals surface area contributed by atoms with Crippen molar-refractivity contribution >= 4 is 5.91 Å². The molecule has 88 valence electrons. The number of nitrogens with zero attached hydrogens (tertiary/aromatic N) is 1. The van der Waals surface area contributed by atoms with Crippen molar-refractivity contribution in [2.45, 2.75) is 24.4 Å². The summed E-state index contributed by atoms with van der Waals surface area (Å²) in [5.41, 5.74) is 4.31. The van der Waals surface area contributed by atoms with E-state index in [9.17, 15) is 20.1 Å². The molecule has 6 nitrogen and oxygen atoms in total. The highest BCUT2D eigenvalue weighted by Gasteiger charge is 2.41. The van der Waals surface area contributed by atoms with E-state index >= 15 is 0 Å². The largest absolute Gasteiger partial charge is 0.394 e. The fourth-order valence-corrected chi connectivity index (χ4v) is 1.78. The summed E-state index contributed by atoms with van der Waals surface area (Å²) in [5, 5.41) is 27.5. The summed E-state index contributed by atoms with van der Waals surface area (Å²) < 4.78 is 0. The van der Waals surface area contributed by atoms with Gasteiger partial charge in [-0.05, 0) is 12.8 Å². The zero-order chi connectivity index (χ0) is 11.5. The highest BCUT2D eigenvalue weighted by Crippen LogP contribution is 2.21. The van der Waals surface area contributed by atoms with Crippen molar-refractivity contribution in [3.05, 3.63) is 0 Å². The topological polar surface area (TPSA) is 107 Å². The van der Waals surface area contributed by atoms with Crippen LogP contribution in [0.2, 0.25) is 0 Å². The average molecular weight is 218 g/mol. The van der Waals surface area contributed by atoms with E-state index in [1.807, 2.05) is 0 Å². The number of carbonyl (C=O) groups excluding carboxylic acids is 1. The second kappa shape index (κ2) is 4.89. The van der Waals surface area contributed by atoms with Crippen molar-refractivity contribution in [1.29, 1.82) is 0 Å². The molecule has 0 aromatic heterocycles. The highest BCUT2D eigenvalue weighted by molar-refractivity contribution is 5.83. The van der Waals surface area contributed by atoms with E-state index in [-0.39, 0.29) is 5.91 Å². The van der Waals surface area contributed by atoms with Crippen LogP contribution >= 0.6 is 0 Å². The van der Waals surface area contributed by atoms with E-state index in [1.165, 1.54) is 4.90 Å². The van der Waals surface area contributed by atoms with Crippen molar-refractivity contribution in [3.8, 4) is 0 Å². The van der Waals surface area contributed by atoms with E-state index in [2.05, 4.69) is 0 Å². The Kier molecular flexibility index (Phi) is 4.04. The Bertz CT molecular complexity index is 222. The van der Waals surface area contributed by atoms with Gasteiger partial charge in [0, 0.05) is 6.54 Å². The van der Waals surface area contributed by atoms with Crippen LogP contribution in [0.4, 0.5) is 0 Å². The van der Waals surface area contributed by atoms with Crippen molar-refractivity contribution in [1.82, 2.24) is 4.90 Å². The molecule has 1 unspecified atom stereocenters. The maximum Gasteiger partial charge on any atom is 0.240 e. The molecule has 1 aliphatic rings. The van der Waals surface area contributed by atoms with Crippen LogP contribution in [0.25, 0.3) is 0 Å². The summed E-state index contributed by atoms with van der Waals surface area (Å²) in [4.78, 5) is 13.0. The molecule has 6 heteroatoms. The molecule has 0 aromatic rings. The number of carbonyl (C=O) groups is 1. The SMILES string of the molecule is NC1CCCN(C(CO)(CO)CO)C1=O. The molecule has 1 fully saturated rings. The lowest BCUT2D eigenvalue weighted by Crippen LogP contribution is -2.64. The van der Waals surface area contributed by atoms with Gasteiger partial charge in [-0.3, -0.25) is 4.79 Å². The van der Waals surface area contributed by atoms with Crippen LogP contribution < -0.4 is 5.73 Å². The van der Waals surface area contributed by atoms with Crippen LogP contribution in [0.1, 0.15) is 12.8 Å². The first-order chi connectivity index (χ1) is 7.11. The molecular formula is C9H18N2O4. The third-order valence-corrected chi connectivity index (χ3v) is 2.94. The summed E-state index contributed by atoms with van der Waals surface area (Å²) in [6.45, 7) is -1.01. The zero-order valence-electron chi connectivity index (χ0n) is 8.59. The molecule has 5 N–H and O–H groups in total. The summed E-state index contributed by atoms with van der Waals surface area (Å²) in [7, 11) is 0. The predicted molar refractivity (Wildman–Crippen MR) is 52.9 cm³/mol. The number of piperidine rings is 1. The smallest absolute Gasteiger partial charge is 0.240 e. The van der Waals surface area contributed by atoms with Gasteiger partial charge in [-0.25, -0.2) is 0 Å². The molecule has 0 bridgehead atoms. The molecule has 1 amide bonds. The van der Waals surface area contributed by atoms with Crippen molar-refractivity contribution < 1.29 is 20.1 Å². The van der Waals surface area contributed by atoms with E-state index in [0.717, 1.165) is 0 Å². The first-order valence-corrected chi connectivity index (χ1v) is 5.01. The maximum absolute atomic E-state index is 11.7. The van der Waals surface area contributed by atoms with Crippen molar-refractivity contribution in [2.24, 2.45) is 5.73 Å². The molecule has 0 aliphatic carbocycles. The minimum absolute atomic E-state index is 0.321. The van der Waals surface area contributed by atoms with Gasteiger partial charge in [-0.15, -0.1) is 0 Å². The molecule has 1 aliphatic heterocycles. The Hall–Kier alpha value is -0.690. The normalized spacial score (nSPS) is 23.3. The Morgan fingerprint density at radius 1 is 1.33 bits per heavy atom. The Morgan fingerprint density at radius 3 is 2.33 bits per heavy atom. The van der Waals surface area contributed by atoms with Gasteiger partial charge in [-0.1, -0.05) is 0 Å². The quantitative estimate of drug-likeness (QED) is 0.423. The minimum atomic E-state index is -1.28. The van der Waals surface area contributed by atoms with Crippen LogP contribution in [-0.2, 0) is 4.79 Å². The van der Waals surface area contributed by atoms with Crippen LogP contribution in [-0.4, -0.2) is 64.1 Å². The summed E-state index contributed by atoms with van der Waals surface area (Å²) >= 11 is 0. The van der Waals surface area contributed by atoms with Gasteiger partial charge in [0.25, 0.3) is 0 Å². The lowest BCUT2D eigenvalue weighted by molar-refractivity contribution is -0.150. The minimum Gasteiger partial charge on any atom is -0.394 e. The highest BCUT2D eigenvalue weighted by atomic mass is 16.3. The number of aliphatic hydroxyl groups excluding tert-OH is 3. The third kappa shape index (κ3) is 2.12. The Balaban J connectivity index is 2.87. The lowest BCUT2D eigenvalue weighted by atomic mass is 9.94. The number of hydrogen-bond donors (Lipinski definition) is 4. The van der Waals surface area contributed by atoms with Crippen LogP contribution in [0, 0.1) is 0 Å². The number of aliphatic hydroxyl groups is 3. The van der Waals surface area contributed by atoms with Gasteiger partial charge >= 0.3 is 0 Å². The monoisotopic (exact) mass is 218 g/mol. The molecule has 0 radical (unpaired) electrons. The fraction of sp³-hybridized carbons (Fsp3) is 0.889. The van der Waals surface area contributed by atoms with E-state index in [4.69, 9.17) is 5.73 Å². The number of likely N-dealkylation sites (tertiary alicyclic amines) is 1. The van der Waals surface area contributed by atoms with Gasteiger partial charge in [0.15, 0.2) is 0 Å². The second-order valence-corrected chi connectivity index (χ2v) is 3.94. The van der Waals surface area contributed by atoms with E-state index in [1.54, 1.807) is 0 Å². The summed E-state index contributed by atoms with van der Waals surface area (Å²) in [6, 6.07) is -0.595. The molecule has 1 atom stereocenters. The number of rotatable bonds is 4. The van der Waals surface area contributed by atoms with Gasteiger partial charge in [-0.2, -0.15) is 0 Å². The lowest BCUT2D eigenvalue weighted by Gasteiger charge is -2.43. The van der Waals surface area contributed by atoms with E-state index in [0.29, 0.717) is 19.4 Å². The predicted octanol–water partition coefficient (Wildman–Crippen LogP) is -2.35. The second-order valence-electron chi connectivity index (χ2n) is 3.94.